The largest absolute Gasteiger partial charge is 0.333 e. The van der Waals surface area contributed by atoms with Gasteiger partial charge in [0.1, 0.15) is 11.4 Å². The van der Waals surface area contributed by atoms with Crippen molar-refractivity contribution in [2.24, 2.45) is 10.4 Å². The first-order chi connectivity index (χ1) is 11.9. The minimum absolute atomic E-state index is 0. The Balaban J connectivity index is -0.000000128. The van der Waals surface area contributed by atoms with Crippen molar-refractivity contribution in [2.45, 2.75) is 27.7 Å². The van der Waals surface area contributed by atoms with E-state index in [0.717, 1.165) is 5.34 Å². The third kappa shape index (κ3) is 24.7. The number of hydrogen-bond donors (Lipinski definition) is 4. The minimum atomic E-state index is 0. The van der Waals surface area contributed by atoms with E-state index in [-0.39, 0.29) is 28.2 Å². The van der Waals surface area contributed by atoms with Gasteiger partial charge >= 0.3 is 0 Å². The third-order valence-electron chi connectivity index (χ3n) is 2.26. The summed E-state index contributed by atoms with van der Waals surface area (Å²) in [5, 5.41) is 22.3. The van der Waals surface area contributed by atoms with E-state index >= 15 is 0 Å². The van der Waals surface area contributed by atoms with Gasteiger partial charge in [0.25, 0.3) is 0 Å². The van der Waals surface area contributed by atoms with Gasteiger partial charge in [0.2, 0.25) is 0 Å². The monoisotopic (exact) mass is 453 g/mol. The summed E-state index contributed by atoms with van der Waals surface area (Å²) >= 11 is 9.28. The fraction of sp³-hybridized carbons (Fsp3) is 0.286. The maximum Gasteiger partial charge on any atom is 0.103 e. The maximum atomic E-state index is 9.65. The van der Waals surface area contributed by atoms with Gasteiger partial charge in [-0.1, -0.05) is 6.07 Å². The maximum absolute atomic E-state index is 9.65. The molecule has 1 aromatic heterocycles. The van der Waals surface area contributed by atoms with Crippen molar-refractivity contribution in [3.8, 4) is 0 Å². The Morgan fingerprint density at radius 3 is 1.27 bits per heavy atom. The van der Waals surface area contributed by atoms with Crippen molar-refractivity contribution in [1.29, 1.82) is 0 Å². The molecule has 0 atom stereocenters. The fourth-order valence-corrected chi connectivity index (χ4v) is 0.611. The Bertz CT molecular complexity index is 463. The van der Waals surface area contributed by atoms with Crippen LogP contribution < -0.4 is 11.0 Å². The first kappa shape index (κ1) is 32.1. The Hall–Kier alpha value is -1.56. The average molecular weight is 454 g/mol. The van der Waals surface area contributed by atoms with Crippen LogP contribution in [0.2, 0.25) is 0 Å². The zero-order valence-electron chi connectivity index (χ0n) is 14.6. The molecule has 0 fully saturated rings. The van der Waals surface area contributed by atoms with Gasteiger partial charge in [-0.3, -0.25) is 26.4 Å². The molecule has 9 nitrogen and oxygen atoms in total. The number of nitrogens with one attached hydrogen (secondary N) is 2. The van der Waals surface area contributed by atoms with Crippen LogP contribution in [0.1, 0.15) is 27.7 Å². The molecular formula is C14H22Cl2CoN5O4-. The van der Waals surface area contributed by atoms with Crippen molar-refractivity contribution < 1.29 is 27.2 Å². The molecule has 0 saturated heterocycles. The third-order valence-corrected chi connectivity index (χ3v) is 2.26. The van der Waals surface area contributed by atoms with Gasteiger partial charge in [0, 0.05) is 29.2 Å². The Kier molecular flexibility index (Phi) is 31.7. The van der Waals surface area contributed by atoms with Crippen LogP contribution in [0.4, 0.5) is 0 Å². The van der Waals surface area contributed by atoms with Crippen molar-refractivity contribution >= 4 is 23.2 Å². The van der Waals surface area contributed by atoms with E-state index in [1.807, 2.05) is 18.2 Å². The number of rotatable bonds is 4. The number of hydroxylamine groups is 2. The molecule has 1 radical (unpaired) electrons. The molecule has 4 N–H and O–H groups in total. The first-order valence-electron chi connectivity index (χ1n) is 6.55. The van der Waals surface area contributed by atoms with Crippen LogP contribution in [0.15, 0.2) is 63.7 Å². The average Bonchev–Trinajstić information content (AvgIpc) is 2.68. The molecule has 1 aromatic rings. The second kappa shape index (κ2) is 25.7. The van der Waals surface area contributed by atoms with Crippen LogP contribution in [0.25, 0.3) is 0 Å². The summed E-state index contributed by atoms with van der Waals surface area (Å²) < 4.78 is 0. The molecule has 0 spiro atoms. The summed E-state index contributed by atoms with van der Waals surface area (Å²) in [6.07, 6.45) is 3.50. The van der Waals surface area contributed by atoms with E-state index in [2.05, 4.69) is 38.5 Å². The number of nitroso groups, excluding NO2 is 2. The fourth-order valence-electron chi connectivity index (χ4n) is 0.611. The zero-order valence-corrected chi connectivity index (χ0v) is 17.2. The molecule has 26 heavy (non-hydrogen) atoms. The number of pyridine rings is 1. The molecule has 1 heterocycles. The Morgan fingerprint density at radius 1 is 0.885 bits per heavy atom. The van der Waals surface area contributed by atoms with Crippen LogP contribution in [0.5, 0.6) is 0 Å². The summed E-state index contributed by atoms with van der Waals surface area (Å²) in [7, 11) is 0. The van der Waals surface area contributed by atoms with Crippen LogP contribution in [-0.4, -0.2) is 15.4 Å². The van der Waals surface area contributed by atoms with Gasteiger partial charge in [0.05, 0.1) is 11.4 Å². The van der Waals surface area contributed by atoms with Crippen molar-refractivity contribution in [3.05, 3.63) is 68.5 Å². The normalized spacial score (nSPS) is 10.2. The first-order valence-corrected chi connectivity index (χ1v) is 7.42. The van der Waals surface area contributed by atoms with Crippen LogP contribution >= 0.6 is 23.2 Å². The summed E-state index contributed by atoms with van der Waals surface area (Å²) in [6, 6.07) is 5.72. The molecule has 0 amide bonds. The number of allylic oxidation sites excluding steroid dienone is 4. The zero-order chi connectivity index (χ0) is 20.1. The molecule has 0 aromatic carbocycles. The molecule has 151 valence electrons. The number of halogens is 2. The van der Waals surface area contributed by atoms with Crippen molar-refractivity contribution in [2.75, 3.05) is 0 Å². The molecule has 1 rings (SSSR count). The van der Waals surface area contributed by atoms with Crippen LogP contribution in [0.3, 0.4) is 0 Å². The van der Waals surface area contributed by atoms with Gasteiger partial charge in [-0.05, 0) is 50.2 Å². The predicted octanol–water partition coefficient (Wildman–Crippen LogP) is 4.63. The van der Waals surface area contributed by atoms with E-state index in [4.69, 9.17) is 10.4 Å². The quantitative estimate of drug-likeness (QED) is 0.296. The van der Waals surface area contributed by atoms with Crippen LogP contribution in [-0.2, 0) is 16.8 Å². The molecule has 0 aliphatic heterocycles. The van der Waals surface area contributed by atoms with E-state index in [1.54, 1.807) is 37.2 Å². The molecule has 0 aliphatic rings. The van der Waals surface area contributed by atoms with Gasteiger partial charge < -0.3 is 23.2 Å². The molecule has 12 heteroatoms. The van der Waals surface area contributed by atoms with Crippen molar-refractivity contribution in [1.82, 2.24) is 15.9 Å². The molecule has 0 bridgehead atoms. The predicted molar refractivity (Wildman–Crippen MR) is 98.4 cm³/mol. The molecule has 0 saturated carbocycles. The second-order valence-corrected chi connectivity index (χ2v) is 4.59. The molecule has 0 aliphatic carbocycles. The second-order valence-electron chi connectivity index (χ2n) is 3.93. The number of hydrogen-bond acceptors (Lipinski definition) is 9. The van der Waals surface area contributed by atoms with E-state index < -0.39 is 0 Å². The summed E-state index contributed by atoms with van der Waals surface area (Å²) in [6.45, 7) is 6.12. The van der Waals surface area contributed by atoms with Crippen molar-refractivity contribution in [3.63, 3.8) is 0 Å². The van der Waals surface area contributed by atoms with Gasteiger partial charge in [0.15, 0.2) is 0 Å². The smallest absolute Gasteiger partial charge is 0.103 e. The SMILES string of the molecule is C/C(N=O)=C(\C)NO.C/C(N=O)=C(\C)NO.Cl[CH-]Cl.[Co].c1ccncc1. The molecule has 0 unspecified atom stereocenters. The Labute approximate surface area is 172 Å². The van der Waals surface area contributed by atoms with E-state index in [9.17, 15) is 9.81 Å². The van der Waals surface area contributed by atoms with E-state index in [0.29, 0.717) is 11.4 Å². The number of aromatic nitrogens is 1. The van der Waals surface area contributed by atoms with E-state index in [1.165, 1.54) is 13.8 Å². The minimum Gasteiger partial charge on any atom is -0.333 e. The number of nitrogens with zero attached hydrogens (tertiary/aromatic N) is 3. The van der Waals surface area contributed by atoms with Gasteiger partial charge in [-0.25, -0.2) is 0 Å². The summed E-state index contributed by atoms with van der Waals surface area (Å²) in [5.74, 6) is 0. The standard InChI is InChI=1S/C5H5N.2C4H8N2O2.CHCl2.Co/c1-2-4-6-5-3-1;2*1-3(5-7)4(2)6-8;2-1-3;/h1-5H;2*5,7H,1-2H3;1H;/q;;;-1;/b;2*4-3-;;. The Morgan fingerprint density at radius 2 is 1.19 bits per heavy atom. The van der Waals surface area contributed by atoms with Crippen LogP contribution in [0, 0.1) is 15.2 Å². The van der Waals surface area contributed by atoms with Gasteiger partial charge in [-0.2, -0.15) is 5.34 Å². The molecular weight excluding hydrogens is 432 g/mol. The van der Waals surface area contributed by atoms with Gasteiger partial charge in [-0.15, -0.1) is 9.81 Å². The topological polar surface area (TPSA) is 136 Å². The summed E-state index contributed by atoms with van der Waals surface area (Å²) in [4.78, 5) is 23.1. The summed E-state index contributed by atoms with van der Waals surface area (Å²) in [5.41, 5.74) is 4.87.